The van der Waals surface area contributed by atoms with Crippen LogP contribution in [0.2, 0.25) is 0 Å². The molecule has 0 unspecified atom stereocenters. The molecule has 0 atom stereocenters. The van der Waals surface area contributed by atoms with Crippen molar-refractivity contribution in [2.75, 3.05) is 11.9 Å². The molecule has 3 rings (SSSR count). The fourth-order valence-electron chi connectivity index (χ4n) is 2.57. The largest absolute Gasteiger partial charge is 0.484 e. The fourth-order valence-corrected chi connectivity index (χ4v) is 2.57. The first-order valence-corrected chi connectivity index (χ1v) is 8.42. The third kappa shape index (κ3) is 4.94. The van der Waals surface area contributed by atoms with Crippen LogP contribution >= 0.6 is 0 Å². The number of anilines is 1. The average molecular weight is 364 g/mol. The van der Waals surface area contributed by atoms with Gasteiger partial charge in [0.25, 0.3) is 5.91 Å². The zero-order chi connectivity index (χ0) is 19.2. The number of nitrogens with two attached hydrogens (primary N) is 1. The van der Waals surface area contributed by atoms with Gasteiger partial charge in [-0.25, -0.2) is 4.68 Å². The van der Waals surface area contributed by atoms with Crippen molar-refractivity contribution < 1.29 is 14.3 Å². The van der Waals surface area contributed by atoms with E-state index >= 15 is 0 Å². The molecular formula is C20H20N4O3. The number of carbonyl (C=O) groups is 2. The molecule has 0 spiro atoms. The summed E-state index contributed by atoms with van der Waals surface area (Å²) in [5, 5.41) is 7.23. The summed E-state index contributed by atoms with van der Waals surface area (Å²) < 4.78 is 7.19. The predicted octanol–water partition coefficient (Wildman–Crippen LogP) is 2.36. The van der Waals surface area contributed by atoms with Gasteiger partial charge in [-0.2, -0.15) is 5.10 Å². The van der Waals surface area contributed by atoms with Gasteiger partial charge in [-0.1, -0.05) is 30.3 Å². The van der Waals surface area contributed by atoms with E-state index in [1.165, 1.54) is 0 Å². The zero-order valence-electron chi connectivity index (χ0n) is 14.9. The Morgan fingerprint density at radius 2 is 1.81 bits per heavy atom. The van der Waals surface area contributed by atoms with Crippen molar-refractivity contribution in [3.8, 4) is 5.75 Å². The van der Waals surface area contributed by atoms with E-state index in [0.29, 0.717) is 23.7 Å². The van der Waals surface area contributed by atoms with Crippen LogP contribution in [-0.2, 0) is 11.3 Å². The standard InChI is InChI=1S/C20H20N4O3/c1-14-11-18(24(23-14)12-15-5-3-2-4-6-15)22-19(25)13-27-17-9-7-16(8-10-17)20(21)26/h2-11H,12-13H2,1H3,(H2,21,26)(H,22,25). The van der Waals surface area contributed by atoms with Crippen LogP contribution in [0, 0.1) is 6.92 Å². The molecule has 0 aliphatic rings. The second-order valence-corrected chi connectivity index (χ2v) is 6.04. The molecule has 0 aliphatic heterocycles. The number of aromatic nitrogens is 2. The topological polar surface area (TPSA) is 99.2 Å². The molecule has 0 saturated heterocycles. The van der Waals surface area contributed by atoms with Crippen LogP contribution < -0.4 is 15.8 Å². The number of rotatable bonds is 7. The number of nitrogens with zero attached hydrogens (tertiary/aromatic N) is 2. The Hall–Kier alpha value is -3.61. The molecule has 138 valence electrons. The summed E-state index contributed by atoms with van der Waals surface area (Å²) in [5.74, 6) is 0.266. The number of primary amides is 1. The van der Waals surface area contributed by atoms with E-state index < -0.39 is 5.91 Å². The Labute approximate surface area is 156 Å². The van der Waals surface area contributed by atoms with Gasteiger partial charge in [0, 0.05) is 11.6 Å². The molecule has 27 heavy (non-hydrogen) atoms. The third-order valence-corrected chi connectivity index (χ3v) is 3.85. The summed E-state index contributed by atoms with van der Waals surface area (Å²) in [6.45, 7) is 2.26. The first-order valence-electron chi connectivity index (χ1n) is 8.42. The van der Waals surface area contributed by atoms with Crippen molar-refractivity contribution in [3.63, 3.8) is 0 Å². The van der Waals surface area contributed by atoms with E-state index in [9.17, 15) is 9.59 Å². The van der Waals surface area contributed by atoms with Crippen LogP contribution in [0.15, 0.2) is 60.7 Å². The van der Waals surface area contributed by atoms with E-state index in [1.54, 1.807) is 28.9 Å². The molecule has 0 bridgehead atoms. The van der Waals surface area contributed by atoms with Crippen molar-refractivity contribution in [3.05, 3.63) is 77.5 Å². The summed E-state index contributed by atoms with van der Waals surface area (Å²) >= 11 is 0. The summed E-state index contributed by atoms with van der Waals surface area (Å²) in [7, 11) is 0. The van der Waals surface area contributed by atoms with Crippen LogP contribution in [0.25, 0.3) is 0 Å². The lowest BCUT2D eigenvalue weighted by atomic mass is 10.2. The van der Waals surface area contributed by atoms with Gasteiger partial charge in [0.15, 0.2) is 6.61 Å². The first kappa shape index (κ1) is 18.2. The molecule has 1 heterocycles. The Morgan fingerprint density at radius 3 is 2.48 bits per heavy atom. The van der Waals surface area contributed by atoms with Gasteiger partial charge in [-0.15, -0.1) is 0 Å². The highest BCUT2D eigenvalue weighted by atomic mass is 16.5. The fraction of sp³-hybridized carbons (Fsp3) is 0.150. The number of carbonyl (C=O) groups excluding carboxylic acids is 2. The van der Waals surface area contributed by atoms with Crippen molar-refractivity contribution in [2.45, 2.75) is 13.5 Å². The quantitative estimate of drug-likeness (QED) is 0.672. The number of aryl methyl sites for hydroxylation is 1. The van der Waals surface area contributed by atoms with Crippen molar-refractivity contribution in [2.24, 2.45) is 5.73 Å². The smallest absolute Gasteiger partial charge is 0.263 e. The maximum atomic E-state index is 12.2. The van der Waals surface area contributed by atoms with Gasteiger partial charge < -0.3 is 15.8 Å². The van der Waals surface area contributed by atoms with Crippen LogP contribution in [-0.4, -0.2) is 28.2 Å². The molecule has 3 N–H and O–H groups in total. The lowest BCUT2D eigenvalue weighted by Crippen LogP contribution is -2.22. The number of amides is 2. The summed E-state index contributed by atoms with van der Waals surface area (Å²) in [4.78, 5) is 23.3. The Morgan fingerprint density at radius 1 is 1.11 bits per heavy atom. The van der Waals surface area contributed by atoms with Crippen molar-refractivity contribution in [1.82, 2.24) is 9.78 Å². The van der Waals surface area contributed by atoms with E-state index in [0.717, 1.165) is 11.3 Å². The van der Waals surface area contributed by atoms with Crippen LogP contribution in [0.5, 0.6) is 5.75 Å². The highest BCUT2D eigenvalue weighted by Crippen LogP contribution is 2.14. The molecule has 0 radical (unpaired) electrons. The van der Waals surface area contributed by atoms with Crippen LogP contribution in [0.4, 0.5) is 5.82 Å². The lowest BCUT2D eigenvalue weighted by molar-refractivity contribution is -0.118. The molecule has 2 aromatic carbocycles. The van der Waals surface area contributed by atoms with Crippen molar-refractivity contribution >= 4 is 17.6 Å². The summed E-state index contributed by atoms with van der Waals surface area (Å²) in [5.41, 5.74) is 7.47. The zero-order valence-corrected chi connectivity index (χ0v) is 14.9. The van der Waals surface area contributed by atoms with Gasteiger partial charge >= 0.3 is 0 Å². The van der Waals surface area contributed by atoms with Gasteiger partial charge in [-0.3, -0.25) is 9.59 Å². The number of hydrogen-bond donors (Lipinski definition) is 2. The second kappa shape index (κ2) is 8.18. The number of nitrogens with one attached hydrogen (secondary N) is 1. The number of benzene rings is 2. The maximum absolute atomic E-state index is 12.2. The van der Waals surface area contributed by atoms with E-state index in [2.05, 4.69) is 10.4 Å². The van der Waals surface area contributed by atoms with Gasteiger partial charge in [0.05, 0.1) is 12.2 Å². The highest BCUT2D eigenvalue weighted by Gasteiger charge is 2.11. The van der Waals surface area contributed by atoms with Gasteiger partial charge in [0.2, 0.25) is 5.91 Å². The molecule has 2 amide bonds. The molecule has 7 nitrogen and oxygen atoms in total. The molecule has 7 heteroatoms. The van der Waals surface area contributed by atoms with Gasteiger partial charge in [-0.05, 0) is 36.8 Å². The number of hydrogen-bond acceptors (Lipinski definition) is 4. The summed E-state index contributed by atoms with van der Waals surface area (Å²) in [6.07, 6.45) is 0. The summed E-state index contributed by atoms with van der Waals surface area (Å²) in [6, 6.07) is 18.0. The minimum absolute atomic E-state index is 0.161. The molecule has 1 aromatic heterocycles. The molecule has 0 saturated carbocycles. The first-order chi connectivity index (χ1) is 13.0. The van der Waals surface area contributed by atoms with E-state index in [-0.39, 0.29) is 12.5 Å². The minimum atomic E-state index is -0.513. The number of ether oxygens (including phenoxy) is 1. The van der Waals surface area contributed by atoms with Crippen LogP contribution in [0.3, 0.4) is 0 Å². The molecule has 3 aromatic rings. The van der Waals surface area contributed by atoms with Gasteiger partial charge in [0.1, 0.15) is 11.6 Å². The third-order valence-electron chi connectivity index (χ3n) is 3.85. The highest BCUT2D eigenvalue weighted by molar-refractivity contribution is 5.93. The maximum Gasteiger partial charge on any atom is 0.263 e. The Kier molecular flexibility index (Phi) is 5.51. The normalized spacial score (nSPS) is 10.4. The Balaban J connectivity index is 1.60. The van der Waals surface area contributed by atoms with Crippen molar-refractivity contribution in [1.29, 1.82) is 0 Å². The lowest BCUT2D eigenvalue weighted by Gasteiger charge is -2.10. The molecule has 0 fully saturated rings. The minimum Gasteiger partial charge on any atom is -0.484 e. The monoisotopic (exact) mass is 364 g/mol. The predicted molar refractivity (Wildman–Crippen MR) is 102 cm³/mol. The average Bonchev–Trinajstić information content (AvgIpc) is 3.00. The van der Waals surface area contributed by atoms with E-state index in [4.69, 9.17) is 10.5 Å². The molecular weight excluding hydrogens is 344 g/mol. The SMILES string of the molecule is Cc1cc(NC(=O)COc2ccc(C(N)=O)cc2)n(Cc2ccccc2)n1. The second-order valence-electron chi connectivity index (χ2n) is 6.04. The Bertz CT molecular complexity index is 934. The van der Waals surface area contributed by atoms with E-state index in [1.807, 2.05) is 43.3 Å². The van der Waals surface area contributed by atoms with Crippen LogP contribution in [0.1, 0.15) is 21.6 Å². The molecule has 0 aliphatic carbocycles.